The molecule has 1 aliphatic rings. The van der Waals surface area contributed by atoms with Gasteiger partial charge >= 0.3 is 0 Å². The summed E-state index contributed by atoms with van der Waals surface area (Å²) in [5.41, 5.74) is 1.77. The van der Waals surface area contributed by atoms with Crippen molar-refractivity contribution in [2.45, 2.75) is 38.6 Å². The van der Waals surface area contributed by atoms with E-state index in [4.69, 9.17) is 0 Å². The Balaban J connectivity index is 1.87. The summed E-state index contributed by atoms with van der Waals surface area (Å²) in [6, 6.07) is 2.31. The normalized spacial score (nSPS) is 18.1. The fraction of sp³-hybridized carbons (Fsp3) is 0.429. The molecule has 0 saturated heterocycles. The Kier molecular flexibility index (Phi) is 3.46. The van der Waals surface area contributed by atoms with E-state index in [0.29, 0.717) is 17.9 Å². The van der Waals surface area contributed by atoms with Gasteiger partial charge in [0.05, 0.1) is 11.7 Å². The van der Waals surface area contributed by atoms with Crippen LogP contribution in [0.2, 0.25) is 0 Å². The third kappa shape index (κ3) is 2.34. The van der Waals surface area contributed by atoms with Crippen molar-refractivity contribution < 1.29 is 4.39 Å². The number of nitrogens with one attached hydrogen (secondary N) is 1. The zero-order valence-electron chi connectivity index (χ0n) is 10.8. The average molecular weight is 277 g/mol. The van der Waals surface area contributed by atoms with Gasteiger partial charge in [-0.15, -0.1) is 11.3 Å². The molecule has 1 aliphatic carbocycles. The molecule has 5 heteroatoms. The first-order chi connectivity index (χ1) is 9.29. The van der Waals surface area contributed by atoms with Crippen molar-refractivity contribution in [3.05, 3.63) is 39.7 Å². The van der Waals surface area contributed by atoms with E-state index < -0.39 is 0 Å². The molecule has 1 N–H and O–H groups in total. The first kappa shape index (κ1) is 12.5. The van der Waals surface area contributed by atoms with Gasteiger partial charge in [0.1, 0.15) is 6.33 Å². The zero-order valence-corrected chi connectivity index (χ0v) is 11.6. The highest BCUT2D eigenvalue weighted by Gasteiger charge is 2.22. The Bertz CT molecular complexity index is 582. The molecule has 0 bridgehead atoms. The Morgan fingerprint density at radius 3 is 3.21 bits per heavy atom. The fourth-order valence-corrected chi connectivity index (χ4v) is 3.54. The van der Waals surface area contributed by atoms with Crippen LogP contribution in [0.5, 0.6) is 0 Å². The standard InChI is InChI=1S/C14H16FN3S/c1-2-10-13(15)14(17-8-16-10)18-11-4-3-5-12-9(11)6-7-19-12/h6-8,11H,2-5H2,1H3,(H,16,17,18). The quantitative estimate of drug-likeness (QED) is 0.929. The highest BCUT2D eigenvalue weighted by atomic mass is 32.1. The number of anilines is 1. The number of hydrogen-bond donors (Lipinski definition) is 1. The van der Waals surface area contributed by atoms with Crippen LogP contribution in [0.3, 0.4) is 0 Å². The summed E-state index contributed by atoms with van der Waals surface area (Å²) >= 11 is 1.79. The van der Waals surface area contributed by atoms with E-state index in [2.05, 4.69) is 26.7 Å². The molecule has 2 aromatic heterocycles. The smallest absolute Gasteiger partial charge is 0.186 e. The maximum atomic E-state index is 14.1. The predicted molar refractivity (Wildman–Crippen MR) is 75.0 cm³/mol. The van der Waals surface area contributed by atoms with Crippen LogP contribution in [0.15, 0.2) is 17.8 Å². The van der Waals surface area contributed by atoms with Gasteiger partial charge in [0.25, 0.3) is 0 Å². The molecule has 1 atom stereocenters. The number of aromatic nitrogens is 2. The predicted octanol–water partition coefficient (Wildman–Crippen LogP) is 3.73. The van der Waals surface area contributed by atoms with Crippen molar-refractivity contribution in [1.29, 1.82) is 0 Å². The Morgan fingerprint density at radius 1 is 1.47 bits per heavy atom. The van der Waals surface area contributed by atoms with E-state index in [1.54, 1.807) is 11.3 Å². The molecule has 0 fully saturated rings. The van der Waals surface area contributed by atoms with Crippen LogP contribution >= 0.6 is 11.3 Å². The number of thiophene rings is 1. The lowest BCUT2D eigenvalue weighted by Crippen LogP contribution is -2.17. The van der Waals surface area contributed by atoms with Crippen LogP contribution in [0.25, 0.3) is 0 Å². The topological polar surface area (TPSA) is 37.8 Å². The second-order valence-electron chi connectivity index (χ2n) is 4.72. The molecule has 0 saturated carbocycles. The van der Waals surface area contributed by atoms with Crippen molar-refractivity contribution in [2.75, 3.05) is 5.32 Å². The van der Waals surface area contributed by atoms with Gasteiger partial charge in [-0.2, -0.15) is 0 Å². The third-order valence-corrected chi connectivity index (χ3v) is 4.56. The van der Waals surface area contributed by atoms with Gasteiger partial charge in [0, 0.05) is 4.88 Å². The summed E-state index contributed by atoms with van der Waals surface area (Å²) in [5, 5.41) is 5.36. The summed E-state index contributed by atoms with van der Waals surface area (Å²) in [6.07, 6.45) is 5.31. The van der Waals surface area contributed by atoms with Crippen molar-refractivity contribution in [1.82, 2.24) is 9.97 Å². The van der Waals surface area contributed by atoms with Crippen LogP contribution in [0.4, 0.5) is 10.2 Å². The molecule has 0 amide bonds. The number of aryl methyl sites for hydroxylation is 2. The van der Waals surface area contributed by atoms with Crippen LogP contribution < -0.4 is 5.32 Å². The Hall–Kier alpha value is -1.49. The molecule has 3 rings (SSSR count). The van der Waals surface area contributed by atoms with Crippen molar-refractivity contribution in [2.24, 2.45) is 0 Å². The summed E-state index contributed by atoms with van der Waals surface area (Å²) in [4.78, 5) is 9.42. The third-order valence-electron chi connectivity index (χ3n) is 3.56. The molecular weight excluding hydrogens is 261 g/mol. The number of halogens is 1. The van der Waals surface area contributed by atoms with Gasteiger partial charge in [-0.25, -0.2) is 14.4 Å². The van der Waals surface area contributed by atoms with Crippen LogP contribution in [0, 0.1) is 5.82 Å². The van der Waals surface area contributed by atoms with E-state index in [9.17, 15) is 4.39 Å². The molecule has 0 radical (unpaired) electrons. The number of nitrogens with zero attached hydrogens (tertiary/aromatic N) is 2. The number of hydrogen-bond acceptors (Lipinski definition) is 4. The van der Waals surface area contributed by atoms with Gasteiger partial charge in [0.15, 0.2) is 11.6 Å². The lowest BCUT2D eigenvalue weighted by atomic mass is 9.94. The Labute approximate surface area is 115 Å². The second-order valence-corrected chi connectivity index (χ2v) is 5.73. The highest BCUT2D eigenvalue weighted by molar-refractivity contribution is 7.10. The molecule has 3 nitrogen and oxygen atoms in total. The van der Waals surface area contributed by atoms with Gasteiger partial charge in [-0.05, 0) is 42.7 Å². The van der Waals surface area contributed by atoms with Crippen LogP contribution in [-0.2, 0) is 12.8 Å². The van der Waals surface area contributed by atoms with E-state index in [1.165, 1.54) is 16.8 Å². The molecule has 2 heterocycles. The minimum absolute atomic E-state index is 0.170. The first-order valence-electron chi connectivity index (χ1n) is 6.61. The lowest BCUT2D eigenvalue weighted by Gasteiger charge is -2.24. The van der Waals surface area contributed by atoms with E-state index in [0.717, 1.165) is 19.3 Å². The SMILES string of the molecule is CCc1ncnc(NC2CCCc3sccc32)c1F. The first-order valence-corrected chi connectivity index (χ1v) is 7.49. The highest BCUT2D eigenvalue weighted by Crippen LogP contribution is 2.35. The Morgan fingerprint density at radius 2 is 2.37 bits per heavy atom. The number of rotatable bonds is 3. The summed E-state index contributed by atoms with van der Waals surface area (Å²) < 4.78 is 14.1. The minimum Gasteiger partial charge on any atom is -0.361 e. The van der Waals surface area contributed by atoms with Crippen molar-refractivity contribution in [3.63, 3.8) is 0 Å². The van der Waals surface area contributed by atoms with Crippen LogP contribution in [-0.4, -0.2) is 9.97 Å². The van der Waals surface area contributed by atoms with Gasteiger partial charge in [-0.1, -0.05) is 6.92 Å². The maximum Gasteiger partial charge on any atom is 0.186 e. The second kappa shape index (κ2) is 5.25. The summed E-state index contributed by atoms with van der Waals surface area (Å²) in [6.45, 7) is 1.90. The molecule has 0 aromatic carbocycles. The summed E-state index contributed by atoms with van der Waals surface area (Å²) in [5.74, 6) is 0.0169. The maximum absolute atomic E-state index is 14.1. The molecule has 0 spiro atoms. The van der Waals surface area contributed by atoms with Crippen molar-refractivity contribution >= 4 is 17.2 Å². The molecule has 1 unspecified atom stereocenters. The molecule has 100 valence electrons. The minimum atomic E-state index is -0.313. The largest absolute Gasteiger partial charge is 0.361 e. The van der Waals surface area contributed by atoms with Gasteiger partial charge in [-0.3, -0.25) is 0 Å². The average Bonchev–Trinajstić information content (AvgIpc) is 2.90. The lowest BCUT2D eigenvalue weighted by molar-refractivity contribution is 0.574. The number of fused-ring (bicyclic) bond motifs is 1. The van der Waals surface area contributed by atoms with E-state index in [-0.39, 0.29) is 11.9 Å². The van der Waals surface area contributed by atoms with Crippen LogP contribution in [0.1, 0.15) is 41.9 Å². The monoisotopic (exact) mass is 277 g/mol. The molecule has 0 aliphatic heterocycles. The zero-order chi connectivity index (χ0) is 13.2. The van der Waals surface area contributed by atoms with E-state index >= 15 is 0 Å². The summed E-state index contributed by atoms with van der Waals surface area (Å²) in [7, 11) is 0. The van der Waals surface area contributed by atoms with Gasteiger partial charge in [0.2, 0.25) is 0 Å². The molecule has 2 aromatic rings. The van der Waals surface area contributed by atoms with Crippen molar-refractivity contribution in [3.8, 4) is 0 Å². The molecular formula is C14H16FN3S. The molecule has 19 heavy (non-hydrogen) atoms. The van der Waals surface area contributed by atoms with E-state index in [1.807, 2.05) is 6.92 Å². The van der Waals surface area contributed by atoms with Gasteiger partial charge < -0.3 is 5.32 Å². The fourth-order valence-electron chi connectivity index (χ4n) is 2.55.